The predicted octanol–water partition coefficient (Wildman–Crippen LogP) is 1.91. The van der Waals surface area contributed by atoms with Crippen molar-refractivity contribution in [3.05, 3.63) is 25.3 Å². The minimum absolute atomic E-state index is 0.985. The monoisotopic (exact) mass is 248 g/mol. The third kappa shape index (κ3) is 4.65. The molecule has 0 bridgehead atoms. The van der Waals surface area contributed by atoms with Crippen molar-refractivity contribution in [2.75, 3.05) is 0 Å². The van der Waals surface area contributed by atoms with Gasteiger partial charge in [0.15, 0.2) is 0 Å². The lowest BCUT2D eigenvalue weighted by atomic mass is 10.1. The van der Waals surface area contributed by atoms with E-state index in [1.807, 2.05) is 9.36 Å². The second-order valence-electron chi connectivity index (χ2n) is 4.44. The van der Waals surface area contributed by atoms with Gasteiger partial charge in [0.2, 0.25) is 0 Å². The lowest BCUT2D eigenvalue weighted by Crippen LogP contribution is -1.99. The highest BCUT2D eigenvalue weighted by Crippen LogP contribution is 2.06. The molecule has 2 rings (SSSR count). The molecule has 98 valence electrons. The van der Waals surface area contributed by atoms with Gasteiger partial charge in [0.25, 0.3) is 0 Å². The average molecular weight is 248 g/mol. The summed E-state index contributed by atoms with van der Waals surface area (Å²) >= 11 is 0. The standard InChI is InChI=1S/C12H20N6/c1(3-5-7-17-11-13-9-15-17)2-4-6-8-18-12-14-10-16-18/h9-12H,1-8H2. The van der Waals surface area contributed by atoms with Crippen LogP contribution in [0, 0.1) is 0 Å². The summed E-state index contributed by atoms with van der Waals surface area (Å²) in [7, 11) is 0. The Labute approximate surface area is 107 Å². The van der Waals surface area contributed by atoms with Crippen LogP contribution in [0.1, 0.15) is 38.5 Å². The molecule has 18 heavy (non-hydrogen) atoms. The van der Waals surface area contributed by atoms with Crippen molar-refractivity contribution in [3.63, 3.8) is 0 Å². The maximum Gasteiger partial charge on any atom is 0.137 e. The van der Waals surface area contributed by atoms with Crippen LogP contribution >= 0.6 is 0 Å². The molecule has 6 nitrogen and oxygen atoms in total. The first-order valence-electron chi connectivity index (χ1n) is 6.60. The Hall–Kier alpha value is -1.72. The van der Waals surface area contributed by atoms with Crippen molar-refractivity contribution in [2.24, 2.45) is 0 Å². The molecule has 0 aliphatic heterocycles. The third-order valence-electron chi connectivity index (χ3n) is 2.96. The quantitative estimate of drug-likeness (QED) is 0.636. The molecule has 0 aromatic carbocycles. The molecule has 6 heteroatoms. The van der Waals surface area contributed by atoms with Gasteiger partial charge in [-0.15, -0.1) is 0 Å². The summed E-state index contributed by atoms with van der Waals surface area (Å²) in [5, 5.41) is 8.16. The zero-order chi connectivity index (χ0) is 12.5. The molecule has 0 amide bonds. The van der Waals surface area contributed by atoms with Gasteiger partial charge in [-0.1, -0.05) is 25.7 Å². The highest BCUT2D eigenvalue weighted by Gasteiger charge is 1.95. The van der Waals surface area contributed by atoms with Crippen LogP contribution in [-0.2, 0) is 13.1 Å². The Morgan fingerprint density at radius 3 is 1.44 bits per heavy atom. The van der Waals surface area contributed by atoms with Gasteiger partial charge >= 0.3 is 0 Å². The molecule has 0 N–H and O–H groups in total. The van der Waals surface area contributed by atoms with Gasteiger partial charge in [0.05, 0.1) is 0 Å². The SMILES string of the molecule is c1ncn(CCCCCCCCn2cncn2)n1. The summed E-state index contributed by atoms with van der Waals surface area (Å²) in [5.74, 6) is 0. The normalized spacial score (nSPS) is 10.9. The molecular weight excluding hydrogens is 228 g/mol. The molecular formula is C12H20N6. The molecule has 0 aliphatic carbocycles. The Morgan fingerprint density at radius 2 is 1.06 bits per heavy atom. The Bertz CT molecular complexity index is 354. The first kappa shape index (κ1) is 12.7. The Morgan fingerprint density at radius 1 is 0.611 bits per heavy atom. The highest BCUT2D eigenvalue weighted by atomic mass is 15.3. The largest absolute Gasteiger partial charge is 0.253 e. The molecule has 0 radical (unpaired) electrons. The van der Waals surface area contributed by atoms with E-state index in [1.54, 1.807) is 25.3 Å². The minimum Gasteiger partial charge on any atom is -0.253 e. The van der Waals surface area contributed by atoms with Crippen LogP contribution in [0.3, 0.4) is 0 Å². The molecule has 0 atom stereocenters. The van der Waals surface area contributed by atoms with E-state index in [0.717, 1.165) is 13.1 Å². The van der Waals surface area contributed by atoms with Crippen LogP contribution in [0.2, 0.25) is 0 Å². The number of hydrogen-bond donors (Lipinski definition) is 0. The molecule has 2 heterocycles. The zero-order valence-corrected chi connectivity index (χ0v) is 10.6. The molecule has 0 aliphatic rings. The van der Waals surface area contributed by atoms with Gasteiger partial charge in [-0.05, 0) is 12.8 Å². The predicted molar refractivity (Wildman–Crippen MR) is 67.7 cm³/mol. The number of rotatable bonds is 9. The van der Waals surface area contributed by atoms with E-state index in [0.29, 0.717) is 0 Å². The summed E-state index contributed by atoms with van der Waals surface area (Å²) in [6, 6.07) is 0. The van der Waals surface area contributed by atoms with Gasteiger partial charge in [-0.3, -0.25) is 9.36 Å². The van der Waals surface area contributed by atoms with Crippen molar-refractivity contribution < 1.29 is 0 Å². The average Bonchev–Trinajstić information content (AvgIpc) is 3.05. The maximum absolute atomic E-state index is 4.08. The lowest BCUT2D eigenvalue weighted by molar-refractivity contribution is 0.501. The van der Waals surface area contributed by atoms with Gasteiger partial charge in [-0.2, -0.15) is 10.2 Å². The van der Waals surface area contributed by atoms with Crippen molar-refractivity contribution in [2.45, 2.75) is 51.6 Å². The van der Waals surface area contributed by atoms with Gasteiger partial charge in [-0.25, -0.2) is 9.97 Å². The summed E-state index contributed by atoms with van der Waals surface area (Å²) in [5.41, 5.74) is 0. The Balaban J connectivity index is 1.40. The number of hydrogen-bond acceptors (Lipinski definition) is 4. The fraction of sp³-hybridized carbons (Fsp3) is 0.667. The summed E-state index contributed by atoms with van der Waals surface area (Å²) in [4.78, 5) is 7.85. The molecule has 0 fully saturated rings. The Kier molecular flexibility index (Phi) is 5.36. The summed E-state index contributed by atoms with van der Waals surface area (Å²) in [6.45, 7) is 1.97. The minimum atomic E-state index is 0.985. The fourth-order valence-electron chi connectivity index (χ4n) is 1.95. The summed E-state index contributed by atoms with van der Waals surface area (Å²) < 4.78 is 3.79. The molecule has 0 unspecified atom stereocenters. The second kappa shape index (κ2) is 7.58. The van der Waals surface area contributed by atoms with E-state index in [1.165, 1.54) is 38.5 Å². The van der Waals surface area contributed by atoms with E-state index in [4.69, 9.17) is 0 Å². The number of nitrogens with zero attached hydrogens (tertiary/aromatic N) is 6. The lowest BCUT2D eigenvalue weighted by Gasteiger charge is -2.02. The van der Waals surface area contributed by atoms with Crippen LogP contribution in [0.5, 0.6) is 0 Å². The van der Waals surface area contributed by atoms with Crippen molar-refractivity contribution >= 4 is 0 Å². The number of aryl methyl sites for hydroxylation is 2. The van der Waals surface area contributed by atoms with Gasteiger partial charge in [0, 0.05) is 13.1 Å². The van der Waals surface area contributed by atoms with Crippen molar-refractivity contribution in [3.8, 4) is 0 Å². The van der Waals surface area contributed by atoms with Crippen LogP contribution in [0.15, 0.2) is 25.3 Å². The number of unbranched alkanes of at least 4 members (excludes halogenated alkanes) is 5. The van der Waals surface area contributed by atoms with Crippen LogP contribution in [-0.4, -0.2) is 29.5 Å². The molecule has 2 aromatic heterocycles. The van der Waals surface area contributed by atoms with Crippen molar-refractivity contribution in [1.82, 2.24) is 29.5 Å². The topological polar surface area (TPSA) is 61.4 Å². The van der Waals surface area contributed by atoms with Crippen LogP contribution < -0.4 is 0 Å². The van der Waals surface area contributed by atoms with E-state index in [-0.39, 0.29) is 0 Å². The van der Waals surface area contributed by atoms with E-state index in [2.05, 4.69) is 20.2 Å². The van der Waals surface area contributed by atoms with Crippen LogP contribution in [0.4, 0.5) is 0 Å². The van der Waals surface area contributed by atoms with Crippen molar-refractivity contribution in [1.29, 1.82) is 0 Å². The second-order valence-corrected chi connectivity index (χ2v) is 4.44. The summed E-state index contributed by atoms with van der Waals surface area (Å²) in [6.07, 6.45) is 14.2. The molecule has 0 saturated carbocycles. The van der Waals surface area contributed by atoms with E-state index < -0.39 is 0 Å². The fourth-order valence-corrected chi connectivity index (χ4v) is 1.95. The van der Waals surface area contributed by atoms with Gasteiger partial charge < -0.3 is 0 Å². The maximum atomic E-state index is 4.08. The van der Waals surface area contributed by atoms with E-state index in [9.17, 15) is 0 Å². The first-order chi connectivity index (χ1) is 8.95. The van der Waals surface area contributed by atoms with E-state index >= 15 is 0 Å². The number of aromatic nitrogens is 6. The molecule has 0 saturated heterocycles. The smallest absolute Gasteiger partial charge is 0.137 e. The zero-order valence-electron chi connectivity index (χ0n) is 10.6. The first-order valence-corrected chi connectivity index (χ1v) is 6.60. The third-order valence-corrected chi connectivity index (χ3v) is 2.96. The highest BCUT2D eigenvalue weighted by molar-refractivity contribution is 4.57. The van der Waals surface area contributed by atoms with Crippen LogP contribution in [0.25, 0.3) is 0 Å². The van der Waals surface area contributed by atoms with Gasteiger partial charge in [0.1, 0.15) is 25.3 Å². The molecule has 2 aromatic rings. The molecule has 0 spiro atoms.